The largest absolute Gasteiger partial charge is 0.490 e. The van der Waals surface area contributed by atoms with E-state index in [-0.39, 0.29) is 12.1 Å². The zero-order chi connectivity index (χ0) is 26.2. The molecule has 1 saturated carbocycles. The van der Waals surface area contributed by atoms with E-state index >= 15 is 0 Å². The smallest absolute Gasteiger partial charge is 0.174 e. The fourth-order valence-corrected chi connectivity index (χ4v) is 6.30. The van der Waals surface area contributed by atoms with Crippen LogP contribution in [-0.2, 0) is 0 Å². The average molecular weight is 524 g/mol. The lowest BCUT2D eigenvalue weighted by molar-refractivity contribution is 0.210. The molecule has 0 bridgehead atoms. The van der Waals surface area contributed by atoms with Crippen LogP contribution in [0.25, 0.3) is 5.82 Å². The van der Waals surface area contributed by atoms with Crippen LogP contribution >= 0.6 is 12.2 Å². The molecule has 1 aliphatic carbocycles. The maximum Gasteiger partial charge on any atom is 0.174 e. The van der Waals surface area contributed by atoms with Gasteiger partial charge < -0.3 is 19.5 Å². The zero-order valence-electron chi connectivity index (χ0n) is 22.1. The third-order valence-corrected chi connectivity index (χ3v) is 8.12. The molecule has 1 aromatic carbocycles. The van der Waals surface area contributed by atoms with Crippen LogP contribution in [0.5, 0.6) is 5.75 Å². The van der Waals surface area contributed by atoms with Crippen molar-refractivity contribution in [3.05, 3.63) is 101 Å². The fourth-order valence-electron chi connectivity index (χ4n) is 5.96. The molecule has 194 valence electrons. The Balaban J connectivity index is 1.42. The molecule has 38 heavy (non-hydrogen) atoms. The highest BCUT2D eigenvalue weighted by Gasteiger charge is 2.42. The van der Waals surface area contributed by atoms with E-state index in [9.17, 15) is 0 Å². The number of ether oxygens (including phenoxy) is 1. The van der Waals surface area contributed by atoms with Crippen LogP contribution < -0.4 is 15.0 Å². The standard InChI is InChI=1S/C31H33N5OS/c1-20-9-8-18-33-30(20)35-21(2)19-26(22(35)3)29-28(27-12-6-7-17-32-27)34-31(38)36(29)23-13-15-25(16-14-23)37-24-10-4-5-11-24/h6-9,12-19,24,28-29H,4-5,10-11H2,1-3H3,(H,34,38)/t28-,29-/m1/s1. The average Bonchev–Trinajstić information content (AvgIpc) is 3.63. The summed E-state index contributed by atoms with van der Waals surface area (Å²) in [6.07, 6.45) is 8.81. The quantitative estimate of drug-likeness (QED) is 0.284. The van der Waals surface area contributed by atoms with E-state index in [1.165, 1.54) is 18.4 Å². The monoisotopic (exact) mass is 523 g/mol. The first-order valence-electron chi connectivity index (χ1n) is 13.4. The number of pyridine rings is 2. The summed E-state index contributed by atoms with van der Waals surface area (Å²) in [4.78, 5) is 11.7. The summed E-state index contributed by atoms with van der Waals surface area (Å²) < 4.78 is 8.48. The van der Waals surface area contributed by atoms with E-state index in [2.05, 4.69) is 78.0 Å². The van der Waals surface area contributed by atoms with Crippen molar-refractivity contribution >= 4 is 23.0 Å². The van der Waals surface area contributed by atoms with Crippen molar-refractivity contribution in [1.82, 2.24) is 19.9 Å². The number of nitrogens with zero attached hydrogens (tertiary/aromatic N) is 4. The third-order valence-electron chi connectivity index (χ3n) is 7.80. The number of thiocarbonyl (C=S) groups is 1. The number of aromatic nitrogens is 3. The second-order valence-electron chi connectivity index (χ2n) is 10.3. The van der Waals surface area contributed by atoms with Crippen molar-refractivity contribution in [2.75, 3.05) is 4.90 Å². The van der Waals surface area contributed by atoms with Gasteiger partial charge in [-0.2, -0.15) is 0 Å². The molecule has 0 radical (unpaired) electrons. The topological polar surface area (TPSA) is 55.2 Å². The molecule has 7 heteroatoms. The van der Waals surface area contributed by atoms with Crippen LogP contribution in [0, 0.1) is 20.8 Å². The summed E-state index contributed by atoms with van der Waals surface area (Å²) in [6, 6.07) is 20.6. The van der Waals surface area contributed by atoms with Gasteiger partial charge in [-0.05, 0) is 118 Å². The summed E-state index contributed by atoms with van der Waals surface area (Å²) >= 11 is 5.96. The van der Waals surface area contributed by atoms with E-state index in [4.69, 9.17) is 26.9 Å². The molecule has 2 aliphatic rings. The van der Waals surface area contributed by atoms with Gasteiger partial charge in [0.05, 0.1) is 23.9 Å². The highest BCUT2D eigenvalue weighted by molar-refractivity contribution is 7.80. The fraction of sp³-hybridized carbons (Fsp3) is 0.323. The molecule has 0 unspecified atom stereocenters. The van der Waals surface area contributed by atoms with Gasteiger partial charge in [-0.3, -0.25) is 4.98 Å². The van der Waals surface area contributed by atoms with Gasteiger partial charge in [0, 0.05) is 29.5 Å². The van der Waals surface area contributed by atoms with E-state index in [0.717, 1.165) is 52.7 Å². The molecule has 2 fully saturated rings. The lowest BCUT2D eigenvalue weighted by atomic mass is 9.96. The van der Waals surface area contributed by atoms with Gasteiger partial charge in [-0.25, -0.2) is 4.98 Å². The van der Waals surface area contributed by atoms with Crippen molar-refractivity contribution in [2.24, 2.45) is 0 Å². The predicted octanol–water partition coefficient (Wildman–Crippen LogP) is 6.69. The van der Waals surface area contributed by atoms with Crippen molar-refractivity contribution in [1.29, 1.82) is 0 Å². The second kappa shape index (κ2) is 10.2. The molecule has 4 heterocycles. The molecule has 0 amide bonds. The normalized spacial score (nSPS) is 19.7. The van der Waals surface area contributed by atoms with Gasteiger partial charge >= 0.3 is 0 Å². The number of nitrogens with one attached hydrogen (secondary N) is 1. The minimum Gasteiger partial charge on any atom is -0.490 e. The van der Waals surface area contributed by atoms with E-state index < -0.39 is 0 Å². The third kappa shape index (κ3) is 4.45. The van der Waals surface area contributed by atoms with Crippen molar-refractivity contribution < 1.29 is 4.74 Å². The molecule has 1 N–H and O–H groups in total. The van der Waals surface area contributed by atoms with Gasteiger partial charge in [0.25, 0.3) is 0 Å². The van der Waals surface area contributed by atoms with Crippen LogP contribution in [0.4, 0.5) is 5.69 Å². The Hall–Kier alpha value is -3.71. The van der Waals surface area contributed by atoms with E-state index in [0.29, 0.717) is 11.2 Å². The van der Waals surface area contributed by atoms with Gasteiger partial charge in [0.15, 0.2) is 5.11 Å². The van der Waals surface area contributed by atoms with Gasteiger partial charge in [-0.15, -0.1) is 0 Å². The highest BCUT2D eigenvalue weighted by Crippen LogP contribution is 2.44. The Bertz CT molecular complexity index is 1440. The molecular weight excluding hydrogens is 490 g/mol. The van der Waals surface area contributed by atoms with Crippen LogP contribution in [-0.4, -0.2) is 25.8 Å². The number of hydrogen-bond acceptors (Lipinski definition) is 4. The number of aryl methyl sites for hydroxylation is 2. The van der Waals surface area contributed by atoms with E-state index in [1.54, 1.807) is 0 Å². The minimum absolute atomic E-state index is 0.0806. The van der Waals surface area contributed by atoms with Crippen molar-refractivity contribution in [3.8, 4) is 11.6 Å². The predicted molar refractivity (Wildman–Crippen MR) is 155 cm³/mol. The van der Waals surface area contributed by atoms with Crippen molar-refractivity contribution in [3.63, 3.8) is 0 Å². The Morgan fingerprint density at radius 3 is 2.39 bits per heavy atom. The number of hydrogen-bond donors (Lipinski definition) is 1. The first-order chi connectivity index (χ1) is 18.5. The lowest BCUT2D eigenvalue weighted by Gasteiger charge is -2.28. The molecule has 1 saturated heterocycles. The summed E-state index contributed by atoms with van der Waals surface area (Å²) in [7, 11) is 0. The number of anilines is 1. The molecule has 6 nitrogen and oxygen atoms in total. The van der Waals surface area contributed by atoms with Crippen LogP contribution in [0.3, 0.4) is 0 Å². The van der Waals surface area contributed by atoms with E-state index in [1.807, 2.05) is 30.6 Å². The molecular formula is C31H33N5OS. The van der Waals surface area contributed by atoms with Crippen LogP contribution in [0.15, 0.2) is 73.1 Å². The molecule has 1 aliphatic heterocycles. The van der Waals surface area contributed by atoms with Gasteiger partial charge in [0.1, 0.15) is 11.6 Å². The highest BCUT2D eigenvalue weighted by atomic mass is 32.1. The Morgan fingerprint density at radius 2 is 1.68 bits per heavy atom. The minimum atomic E-state index is -0.100. The molecule has 3 aromatic heterocycles. The molecule has 4 aromatic rings. The summed E-state index contributed by atoms with van der Waals surface area (Å²) in [6.45, 7) is 6.41. The summed E-state index contributed by atoms with van der Waals surface area (Å²) in [5.74, 6) is 1.87. The Kier molecular flexibility index (Phi) is 6.62. The SMILES string of the molecule is Cc1cccnc1-n1c(C)cc([C@@H]2[C@@H](c3ccccn3)NC(=S)N2c2ccc(OC3CCCC3)cc2)c1C. The maximum absolute atomic E-state index is 6.23. The van der Waals surface area contributed by atoms with Gasteiger partial charge in [-0.1, -0.05) is 12.1 Å². The Morgan fingerprint density at radius 1 is 0.921 bits per heavy atom. The van der Waals surface area contributed by atoms with Crippen LogP contribution in [0.2, 0.25) is 0 Å². The van der Waals surface area contributed by atoms with Crippen LogP contribution in [0.1, 0.15) is 66.0 Å². The molecule has 2 atom stereocenters. The van der Waals surface area contributed by atoms with Gasteiger partial charge in [0.2, 0.25) is 0 Å². The Labute approximate surface area is 229 Å². The first-order valence-corrected chi connectivity index (χ1v) is 13.8. The zero-order valence-corrected chi connectivity index (χ0v) is 22.9. The molecule has 6 rings (SSSR count). The second-order valence-corrected chi connectivity index (χ2v) is 10.7. The van der Waals surface area contributed by atoms with Crippen molar-refractivity contribution in [2.45, 2.75) is 64.6 Å². The lowest BCUT2D eigenvalue weighted by Crippen LogP contribution is -2.29. The maximum atomic E-state index is 6.23. The number of benzene rings is 1. The summed E-state index contributed by atoms with van der Waals surface area (Å²) in [5.41, 5.74) is 6.61. The first kappa shape index (κ1) is 24.6. The molecule has 0 spiro atoms. The number of rotatable bonds is 6. The summed E-state index contributed by atoms with van der Waals surface area (Å²) in [5, 5.41) is 4.28.